The highest BCUT2D eigenvalue weighted by atomic mass is 32.2. The second-order valence-electron chi connectivity index (χ2n) is 3.31. The van der Waals surface area contributed by atoms with Crippen molar-refractivity contribution >= 4 is 23.5 Å². The highest BCUT2D eigenvalue weighted by Gasteiger charge is 2.09. The van der Waals surface area contributed by atoms with E-state index in [9.17, 15) is 9.59 Å². The van der Waals surface area contributed by atoms with Crippen molar-refractivity contribution in [3.8, 4) is 0 Å². The number of carbonyl (C=O) groups excluding carboxylic acids is 1. The van der Waals surface area contributed by atoms with E-state index in [-0.39, 0.29) is 17.1 Å². The van der Waals surface area contributed by atoms with Gasteiger partial charge in [-0.3, -0.25) is 4.79 Å². The van der Waals surface area contributed by atoms with Gasteiger partial charge in [0.25, 0.3) is 5.56 Å². The molecule has 0 atom stereocenters. The van der Waals surface area contributed by atoms with Gasteiger partial charge in [0.2, 0.25) is 0 Å². The third-order valence-electron chi connectivity index (χ3n) is 1.96. The van der Waals surface area contributed by atoms with Gasteiger partial charge in [0, 0.05) is 6.07 Å². The number of aromatic nitrogens is 4. The molecule has 0 saturated heterocycles. The number of esters is 1. The van der Waals surface area contributed by atoms with E-state index in [1.165, 1.54) is 25.6 Å². The Kier molecular flexibility index (Phi) is 3.76. The molecule has 0 bridgehead atoms. The Labute approximate surface area is 111 Å². The molecule has 0 aliphatic rings. The van der Waals surface area contributed by atoms with E-state index in [1.807, 2.05) is 0 Å². The van der Waals surface area contributed by atoms with Crippen LogP contribution in [0.1, 0.15) is 10.5 Å². The number of nitrogens with two attached hydrogens (primary N) is 1. The molecule has 98 valence electrons. The van der Waals surface area contributed by atoms with Crippen molar-refractivity contribution in [3.63, 3.8) is 0 Å². The van der Waals surface area contributed by atoms with Gasteiger partial charge >= 0.3 is 5.97 Å². The van der Waals surface area contributed by atoms with Gasteiger partial charge in [-0.15, -0.1) is 0 Å². The maximum Gasteiger partial charge on any atom is 0.358 e. The van der Waals surface area contributed by atoms with Crippen LogP contribution in [0.3, 0.4) is 0 Å². The average molecular weight is 279 g/mol. The summed E-state index contributed by atoms with van der Waals surface area (Å²) in [7, 11) is 1.26. The van der Waals surface area contributed by atoms with Crippen molar-refractivity contribution in [1.82, 2.24) is 19.9 Å². The summed E-state index contributed by atoms with van der Waals surface area (Å²) in [6, 6.07) is 1.18. The Bertz CT molecular complexity index is 655. The maximum atomic E-state index is 11.2. The van der Waals surface area contributed by atoms with Gasteiger partial charge in [-0.25, -0.2) is 19.7 Å². The second kappa shape index (κ2) is 5.48. The van der Waals surface area contributed by atoms with Crippen molar-refractivity contribution in [2.75, 3.05) is 12.8 Å². The molecule has 0 spiro atoms. The molecule has 19 heavy (non-hydrogen) atoms. The molecule has 2 aromatic heterocycles. The van der Waals surface area contributed by atoms with Crippen molar-refractivity contribution in [2.45, 2.75) is 10.2 Å². The lowest BCUT2D eigenvalue weighted by atomic mass is 10.5. The average Bonchev–Trinajstić information content (AvgIpc) is 2.37. The summed E-state index contributed by atoms with van der Waals surface area (Å²) in [5.74, 6) is -0.454. The summed E-state index contributed by atoms with van der Waals surface area (Å²) >= 11 is 1.07. The van der Waals surface area contributed by atoms with Gasteiger partial charge in [-0.1, -0.05) is 0 Å². The number of nitrogens with one attached hydrogen (secondary N) is 1. The second-order valence-corrected chi connectivity index (χ2v) is 4.32. The zero-order chi connectivity index (χ0) is 13.8. The van der Waals surface area contributed by atoms with Crippen LogP contribution in [0, 0.1) is 0 Å². The molecule has 0 amide bonds. The van der Waals surface area contributed by atoms with Crippen LogP contribution in [0.4, 0.5) is 5.82 Å². The molecule has 0 aromatic carbocycles. The number of rotatable bonds is 3. The predicted molar refractivity (Wildman–Crippen MR) is 66.8 cm³/mol. The zero-order valence-corrected chi connectivity index (χ0v) is 10.6. The lowest BCUT2D eigenvalue weighted by molar-refractivity contribution is 0.0593. The molecular weight excluding hydrogens is 270 g/mol. The highest BCUT2D eigenvalue weighted by molar-refractivity contribution is 7.99. The monoisotopic (exact) mass is 279 g/mol. The Hall–Kier alpha value is -2.42. The number of aromatic amines is 1. The molecule has 0 fully saturated rings. The normalized spacial score (nSPS) is 10.2. The fourth-order valence-corrected chi connectivity index (χ4v) is 1.89. The molecular formula is C10H9N5O3S. The van der Waals surface area contributed by atoms with Gasteiger partial charge in [-0.05, 0) is 11.8 Å². The van der Waals surface area contributed by atoms with Crippen LogP contribution in [0.5, 0.6) is 0 Å². The first kappa shape index (κ1) is 13.0. The third kappa shape index (κ3) is 3.28. The minimum Gasteiger partial charge on any atom is -0.464 e. The fraction of sp³-hybridized carbons (Fsp3) is 0.100. The van der Waals surface area contributed by atoms with Crippen molar-refractivity contribution < 1.29 is 9.53 Å². The van der Waals surface area contributed by atoms with Crippen LogP contribution in [0.25, 0.3) is 0 Å². The number of ether oxygens (including phenoxy) is 1. The smallest absolute Gasteiger partial charge is 0.358 e. The van der Waals surface area contributed by atoms with Gasteiger partial charge in [0.15, 0.2) is 10.9 Å². The summed E-state index contributed by atoms with van der Waals surface area (Å²) in [6.45, 7) is 0. The minimum atomic E-state index is -0.570. The molecule has 3 N–H and O–H groups in total. The fourth-order valence-electron chi connectivity index (χ4n) is 1.18. The van der Waals surface area contributed by atoms with Crippen molar-refractivity contribution in [3.05, 3.63) is 34.5 Å². The van der Waals surface area contributed by atoms with E-state index in [4.69, 9.17) is 5.73 Å². The van der Waals surface area contributed by atoms with E-state index in [1.54, 1.807) is 0 Å². The highest BCUT2D eigenvalue weighted by Crippen LogP contribution is 2.21. The van der Waals surface area contributed by atoms with Crippen molar-refractivity contribution in [1.29, 1.82) is 0 Å². The SMILES string of the molecule is COC(=O)c1cnc(Sc2nc(N)cc(=O)[nH]2)cn1. The zero-order valence-electron chi connectivity index (χ0n) is 9.78. The molecule has 0 aliphatic carbocycles. The number of anilines is 1. The summed E-state index contributed by atoms with van der Waals surface area (Å²) in [6.07, 6.45) is 2.65. The van der Waals surface area contributed by atoms with Gasteiger partial charge < -0.3 is 15.5 Å². The van der Waals surface area contributed by atoms with Gasteiger partial charge in [0.1, 0.15) is 10.8 Å². The van der Waals surface area contributed by atoms with Crippen LogP contribution < -0.4 is 11.3 Å². The summed E-state index contributed by atoms with van der Waals surface area (Å²) in [5, 5.41) is 0.756. The van der Waals surface area contributed by atoms with Crippen LogP contribution >= 0.6 is 11.8 Å². The van der Waals surface area contributed by atoms with Gasteiger partial charge in [-0.2, -0.15) is 0 Å². The summed E-state index contributed by atoms with van der Waals surface area (Å²) < 4.78 is 4.50. The molecule has 0 saturated carbocycles. The number of hydrogen-bond donors (Lipinski definition) is 2. The van der Waals surface area contributed by atoms with Crippen LogP contribution in [0.15, 0.2) is 33.4 Å². The summed E-state index contributed by atoms with van der Waals surface area (Å²) in [4.78, 5) is 36.7. The molecule has 0 radical (unpaired) electrons. The number of nitrogens with zero attached hydrogens (tertiary/aromatic N) is 3. The number of carbonyl (C=O) groups is 1. The molecule has 2 aromatic rings. The van der Waals surface area contributed by atoms with E-state index in [0.717, 1.165) is 11.8 Å². The Balaban J connectivity index is 2.19. The predicted octanol–water partition coefficient (Wildman–Crippen LogP) is 0.0799. The standard InChI is InChI=1S/C10H9N5O3S/c1-18-9(17)5-3-13-8(4-12-5)19-10-14-6(11)2-7(16)15-10/h2-4H,1H3,(H3,11,14,15,16). The number of hydrogen-bond acceptors (Lipinski definition) is 8. The number of methoxy groups -OCH3 is 1. The van der Waals surface area contributed by atoms with Gasteiger partial charge in [0.05, 0.1) is 19.5 Å². The molecule has 2 heterocycles. The number of H-pyrrole nitrogens is 1. The molecule has 8 nitrogen and oxygen atoms in total. The first-order chi connectivity index (χ1) is 9.08. The van der Waals surface area contributed by atoms with Crippen LogP contribution in [0.2, 0.25) is 0 Å². The van der Waals surface area contributed by atoms with E-state index >= 15 is 0 Å². The van der Waals surface area contributed by atoms with Crippen molar-refractivity contribution in [2.24, 2.45) is 0 Å². The van der Waals surface area contributed by atoms with E-state index < -0.39 is 5.97 Å². The third-order valence-corrected chi connectivity index (χ3v) is 2.77. The van der Waals surface area contributed by atoms with Crippen LogP contribution in [-0.2, 0) is 4.74 Å². The van der Waals surface area contributed by atoms with E-state index in [0.29, 0.717) is 10.2 Å². The largest absolute Gasteiger partial charge is 0.464 e. The topological polar surface area (TPSA) is 124 Å². The Morgan fingerprint density at radius 3 is 2.79 bits per heavy atom. The molecule has 0 unspecified atom stereocenters. The van der Waals surface area contributed by atoms with E-state index in [2.05, 4.69) is 24.7 Å². The lowest BCUT2D eigenvalue weighted by Crippen LogP contribution is -2.09. The maximum absolute atomic E-state index is 11.2. The summed E-state index contributed by atoms with van der Waals surface area (Å²) in [5.41, 5.74) is 5.20. The molecule has 9 heteroatoms. The number of nitrogen functional groups attached to an aromatic ring is 1. The first-order valence-corrected chi connectivity index (χ1v) is 5.85. The molecule has 0 aliphatic heterocycles. The minimum absolute atomic E-state index is 0.0980. The first-order valence-electron chi connectivity index (χ1n) is 5.03. The Morgan fingerprint density at radius 1 is 1.42 bits per heavy atom. The Morgan fingerprint density at radius 2 is 2.21 bits per heavy atom. The molecule has 2 rings (SSSR count). The lowest BCUT2D eigenvalue weighted by Gasteiger charge is -2.01. The van der Waals surface area contributed by atoms with Crippen LogP contribution in [-0.4, -0.2) is 33.0 Å². The quantitative estimate of drug-likeness (QED) is 0.598.